The fraction of sp³-hybridized carbons (Fsp3) is 0.391. The Morgan fingerprint density at radius 1 is 0.897 bits per heavy atom. The number of ether oxygens (including phenoxy) is 1. The fourth-order valence-corrected chi connectivity index (χ4v) is 4.05. The number of aryl methyl sites for hydroxylation is 1. The smallest absolute Gasteiger partial charge is 0.163 e. The van der Waals surface area contributed by atoms with Gasteiger partial charge in [0.05, 0.1) is 12.1 Å². The van der Waals surface area contributed by atoms with Crippen molar-refractivity contribution in [2.24, 2.45) is 0 Å². The van der Waals surface area contributed by atoms with Crippen molar-refractivity contribution < 1.29 is 25.2 Å². The molecular weight excluding hydrogens is 370 g/mol. The van der Waals surface area contributed by atoms with Gasteiger partial charge >= 0.3 is 0 Å². The van der Waals surface area contributed by atoms with Gasteiger partial charge in [0.25, 0.3) is 0 Å². The second-order valence-corrected chi connectivity index (χ2v) is 7.65. The third-order valence-electron chi connectivity index (χ3n) is 5.79. The van der Waals surface area contributed by atoms with Crippen molar-refractivity contribution >= 4 is 10.9 Å². The predicted molar refractivity (Wildman–Crippen MR) is 110 cm³/mol. The predicted octanol–water partition coefficient (Wildman–Crippen LogP) is 1.77. The number of fused-ring (bicyclic) bond motifs is 1. The lowest BCUT2D eigenvalue weighted by atomic mass is 9.98. The molecule has 29 heavy (non-hydrogen) atoms. The number of aliphatic hydroxyl groups excluding tert-OH is 4. The molecular formula is C23H27NO5. The van der Waals surface area contributed by atoms with Crippen molar-refractivity contribution in [1.29, 1.82) is 0 Å². The number of rotatable bonds is 5. The maximum absolute atomic E-state index is 10.6. The van der Waals surface area contributed by atoms with E-state index in [-0.39, 0.29) is 0 Å². The molecule has 0 bridgehead atoms. The van der Waals surface area contributed by atoms with Crippen molar-refractivity contribution in [3.63, 3.8) is 0 Å². The molecule has 0 amide bonds. The third-order valence-corrected chi connectivity index (χ3v) is 5.79. The zero-order chi connectivity index (χ0) is 20.5. The van der Waals surface area contributed by atoms with Gasteiger partial charge < -0.3 is 29.7 Å². The summed E-state index contributed by atoms with van der Waals surface area (Å²) in [6.45, 7) is 1.68. The molecule has 6 heteroatoms. The van der Waals surface area contributed by atoms with E-state index in [1.54, 1.807) is 4.57 Å². The Morgan fingerprint density at radius 3 is 2.28 bits per heavy atom. The van der Waals surface area contributed by atoms with E-state index in [9.17, 15) is 20.4 Å². The Kier molecular flexibility index (Phi) is 5.72. The van der Waals surface area contributed by atoms with E-state index in [4.69, 9.17) is 4.74 Å². The molecule has 0 spiro atoms. The van der Waals surface area contributed by atoms with E-state index in [2.05, 4.69) is 31.2 Å². The maximum Gasteiger partial charge on any atom is 0.163 e. The third kappa shape index (κ3) is 3.70. The first-order chi connectivity index (χ1) is 14.0. The van der Waals surface area contributed by atoms with Crippen molar-refractivity contribution in [3.8, 4) is 0 Å². The van der Waals surface area contributed by atoms with Gasteiger partial charge in [-0.05, 0) is 35.6 Å². The van der Waals surface area contributed by atoms with Gasteiger partial charge in [-0.1, -0.05) is 49.4 Å². The van der Waals surface area contributed by atoms with Crippen LogP contribution in [-0.2, 0) is 17.6 Å². The molecule has 1 aliphatic rings. The summed E-state index contributed by atoms with van der Waals surface area (Å²) < 4.78 is 7.56. The topological polar surface area (TPSA) is 95.1 Å². The van der Waals surface area contributed by atoms with Crippen LogP contribution in [0.2, 0.25) is 0 Å². The first-order valence-electron chi connectivity index (χ1n) is 10.00. The average Bonchev–Trinajstić information content (AvgIpc) is 3.11. The van der Waals surface area contributed by atoms with Crippen LogP contribution < -0.4 is 0 Å². The first kappa shape index (κ1) is 20.1. The molecule has 1 saturated heterocycles. The van der Waals surface area contributed by atoms with Gasteiger partial charge in [-0.3, -0.25) is 0 Å². The van der Waals surface area contributed by atoms with Gasteiger partial charge in [-0.2, -0.15) is 0 Å². The Morgan fingerprint density at radius 2 is 1.59 bits per heavy atom. The Labute approximate surface area is 169 Å². The van der Waals surface area contributed by atoms with Crippen LogP contribution in [-0.4, -0.2) is 56.0 Å². The van der Waals surface area contributed by atoms with Crippen LogP contribution in [0.4, 0.5) is 0 Å². The van der Waals surface area contributed by atoms with E-state index in [1.165, 1.54) is 11.1 Å². The molecule has 2 aromatic carbocycles. The van der Waals surface area contributed by atoms with Gasteiger partial charge in [0.15, 0.2) is 6.23 Å². The summed E-state index contributed by atoms with van der Waals surface area (Å²) in [6, 6.07) is 16.3. The minimum absolute atomic E-state index is 0.447. The van der Waals surface area contributed by atoms with Crippen LogP contribution in [0.15, 0.2) is 54.7 Å². The second-order valence-electron chi connectivity index (χ2n) is 7.65. The van der Waals surface area contributed by atoms with Crippen LogP contribution in [0, 0.1) is 0 Å². The second kappa shape index (κ2) is 8.26. The molecule has 0 radical (unpaired) electrons. The van der Waals surface area contributed by atoms with Crippen molar-refractivity contribution in [1.82, 2.24) is 4.57 Å². The number of nitrogens with zero attached hydrogens (tertiary/aromatic N) is 1. The molecule has 154 valence electrons. The van der Waals surface area contributed by atoms with Gasteiger partial charge in [0.1, 0.15) is 24.4 Å². The van der Waals surface area contributed by atoms with E-state index < -0.39 is 37.3 Å². The molecule has 3 aromatic rings. The van der Waals surface area contributed by atoms with Crippen LogP contribution in [0.5, 0.6) is 0 Å². The molecule has 2 unspecified atom stereocenters. The summed E-state index contributed by atoms with van der Waals surface area (Å²) in [5, 5.41) is 41.3. The number of para-hydroxylation sites is 1. The Balaban J connectivity index is 1.72. The monoisotopic (exact) mass is 397 g/mol. The van der Waals surface area contributed by atoms with Crippen LogP contribution in [0.25, 0.3) is 10.9 Å². The molecule has 4 N–H and O–H groups in total. The quantitative estimate of drug-likeness (QED) is 0.526. The van der Waals surface area contributed by atoms with Gasteiger partial charge in [-0.25, -0.2) is 0 Å². The summed E-state index contributed by atoms with van der Waals surface area (Å²) in [5.74, 6) is 0. The van der Waals surface area contributed by atoms with Gasteiger partial charge in [0.2, 0.25) is 0 Å². The number of benzene rings is 2. The highest BCUT2D eigenvalue weighted by atomic mass is 16.6. The summed E-state index contributed by atoms with van der Waals surface area (Å²) in [4.78, 5) is 0. The number of hydrogen-bond acceptors (Lipinski definition) is 5. The van der Waals surface area contributed by atoms with E-state index in [0.29, 0.717) is 0 Å². The van der Waals surface area contributed by atoms with Crippen molar-refractivity contribution in [2.45, 2.75) is 50.4 Å². The highest BCUT2D eigenvalue weighted by molar-refractivity contribution is 5.84. The highest BCUT2D eigenvalue weighted by Gasteiger charge is 2.44. The fourth-order valence-electron chi connectivity index (χ4n) is 4.05. The lowest BCUT2D eigenvalue weighted by molar-refractivity contribution is -0.250. The molecule has 6 nitrogen and oxygen atoms in total. The van der Waals surface area contributed by atoms with Crippen LogP contribution in [0.3, 0.4) is 0 Å². The van der Waals surface area contributed by atoms with E-state index in [0.717, 1.165) is 29.3 Å². The summed E-state index contributed by atoms with van der Waals surface area (Å²) >= 11 is 0. The van der Waals surface area contributed by atoms with Gasteiger partial charge in [0, 0.05) is 11.6 Å². The lowest BCUT2D eigenvalue weighted by Crippen LogP contribution is -2.56. The first-order valence-corrected chi connectivity index (χ1v) is 10.00. The van der Waals surface area contributed by atoms with Crippen LogP contribution in [0.1, 0.15) is 29.8 Å². The summed E-state index contributed by atoms with van der Waals surface area (Å²) in [5.41, 5.74) is 4.40. The summed E-state index contributed by atoms with van der Waals surface area (Å²) in [6.07, 6.45) is -2.31. The standard InChI is InChI=1S/C23H27NO5/c1-2-14-7-9-15(10-8-14)11-16-12-24(18-6-4-3-5-17(16)18)23-22(28)21(27)20(26)19(13-25)29-23/h3-10,12,19-23,25-28H,2,11,13H2,1H3/t19-,20-,21?,22-,23?/m1/s1. The zero-order valence-electron chi connectivity index (χ0n) is 16.3. The molecule has 1 aromatic heterocycles. The molecule has 2 heterocycles. The molecule has 5 atom stereocenters. The number of hydrogen-bond donors (Lipinski definition) is 4. The SMILES string of the molecule is CCc1ccc(Cc2cn(C3O[C@H](CO)[C@@H](O)C(O)[C@H]3O)c3ccccc23)cc1. The molecule has 1 fully saturated rings. The maximum atomic E-state index is 10.6. The average molecular weight is 397 g/mol. The van der Waals surface area contributed by atoms with Crippen molar-refractivity contribution in [3.05, 3.63) is 71.4 Å². The minimum Gasteiger partial charge on any atom is -0.394 e. The Hall–Kier alpha value is -2.22. The molecule has 0 aliphatic carbocycles. The van der Waals surface area contributed by atoms with E-state index >= 15 is 0 Å². The minimum atomic E-state index is -1.41. The number of aromatic nitrogens is 1. The Bertz CT molecular complexity index is 965. The van der Waals surface area contributed by atoms with E-state index in [1.807, 2.05) is 30.5 Å². The molecule has 1 aliphatic heterocycles. The normalized spacial score (nSPS) is 27.4. The number of aliphatic hydroxyl groups is 4. The highest BCUT2D eigenvalue weighted by Crippen LogP contribution is 2.33. The van der Waals surface area contributed by atoms with Crippen molar-refractivity contribution in [2.75, 3.05) is 6.61 Å². The largest absolute Gasteiger partial charge is 0.394 e. The molecule has 4 rings (SSSR count). The van der Waals surface area contributed by atoms with Crippen LogP contribution >= 0.6 is 0 Å². The summed E-state index contributed by atoms with van der Waals surface area (Å²) in [7, 11) is 0. The van der Waals surface area contributed by atoms with Gasteiger partial charge in [-0.15, -0.1) is 0 Å². The lowest BCUT2D eigenvalue weighted by Gasteiger charge is -2.40. The molecule has 0 saturated carbocycles. The zero-order valence-corrected chi connectivity index (χ0v) is 16.3.